The molecule has 5 heteroatoms. The Bertz CT molecular complexity index is 544. The number of benzene rings is 1. The molecule has 1 aromatic carbocycles. The maximum Gasteiger partial charge on any atom is 0.170 e. The first kappa shape index (κ1) is 14.4. The first-order valence-corrected chi connectivity index (χ1v) is 8.70. The van der Waals surface area contributed by atoms with E-state index in [1.54, 1.807) is 12.1 Å². The van der Waals surface area contributed by atoms with Crippen LogP contribution in [0.2, 0.25) is 0 Å². The number of piperidine rings is 1. The van der Waals surface area contributed by atoms with Crippen LogP contribution in [0.3, 0.4) is 0 Å². The number of halogens is 1. The Morgan fingerprint density at radius 2 is 1.59 bits per heavy atom. The number of nitrogens with one attached hydrogen (secondary N) is 2. The summed E-state index contributed by atoms with van der Waals surface area (Å²) in [7, 11) is 0. The minimum absolute atomic E-state index is 0.228. The predicted octanol–water partition coefficient (Wildman–Crippen LogP) is 3.27. The molecule has 2 atom stereocenters. The molecule has 3 nitrogen and oxygen atoms in total. The lowest BCUT2D eigenvalue weighted by molar-refractivity contribution is 0.114. The summed E-state index contributed by atoms with van der Waals surface area (Å²) in [4.78, 5) is 2.79. The Balaban J connectivity index is 1.32. The van der Waals surface area contributed by atoms with E-state index in [-0.39, 0.29) is 5.82 Å². The smallest absolute Gasteiger partial charge is 0.170 e. The molecule has 3 aliphatic rings. The lowest BCUT2D eigenvalue weighted by Crippen LogP contribution is -2.51. The Morgan fingerprint density at radius 1 is 1.00 bits per heavy atom. The highest BCUT2D eigenvalue weighted by Gasteiger charge is 2.46. The van der Waals surface area contributed by atoms with Gasteiger partial charge in [0.25, 0.3) is 0 Å². The lowest BCUT2D eigenvalue weighted by atomic mass is 9.97. The number of hydrogen-bond donors (Lipinski definition) is 2. The van der Waals surface area contributed by atoms with Crippen LogP contribution in [0, 0.1) is 5.82 Å². The third kappa shape index (κ3) is 2.97. The summed E-state index contributed by atoms with van der Waals surface area (Å²) in [6.07, 6.45) is 7.87. The van der Waals surface area contributed by atoms with Crippen molar-refractivity contribution in [3.05, 3.63) is 30.1 Å². The van der Waals surface area contributed by atoms with E-state index in [4.69, 9.17) is 12.2 Å². The first-order chi connectivity index (χ1) is 10.7. The van der Waals surface area contributed by atoms with Gasteiger partial charge in [0.2, 0.25) is 0 Å². The van der Waals surface area contributed by atoms with Gasteiger partial charge in [0.15, 0.2) is 5.11 Å². The summed E-state index contributed by atoms with van der Waals surface area (Å²) < 4.78 is 12.9. The first-order valence-electron chi connectivity index (χ1n) is 8.29. The van der Waals surface area contributed by atoms with E-state index in [0.717, 1.165) is 23.8 Å². The van der Waals surface area contributed by atoms with Gasteiger partial charge in [0.1, 0.15) is 5.82 Å². The van der Waals surface area contributed by atoms with Crippen molar-refractivity contribution >= 4 is 23.0 Å². The van der Waals surface area contributed by atoms with Crippen LogP contribution in [-0.4, -0.2) is 34.2 Å². The summed E-state index contributed by atoms with van der Waals surface area (Å²) in [6.45, 7) is 0. The highest BCUT2D eigenvalue weighted by Crippen LogP contribution is 2.43. The number of hydrogen-bond acceptors (Lipinski definition) is 2. The molecular weight excluding hydrogens is 297 g/mol. The summed E-state index contributed by atoms with van der Waals surface area (Å²) in [6, 6.07) is 9.15. The van der Waals surface area contributed by atoms with E-state index in [2.05, 4.69) is 15.5 Å². The molecule has 22 heavy (non-hydrogen) atoms. The SMILES string of the molecule is Fc1ccc(NC(=S)NC2C[C@@H]3CC[C@@H](C2)N3C2CC2)cc1. The number of nitrogens with zero attached hydrogens (tertiary/aromatic N) is 1. The van der Waals surface area contributed by atoms with Crippen molar-refractivity contribution in [2.24, 2.45) is 0 Å². The van der Waals surface area contributed by atoms with Gasteiger partial charge < -0.3 is 10.6 Å². The maximum atomic E-state index is 12.9. The predicted molar refractivity (Wildman–Crippen MR) is 90.4 cm³/mol. The zero-order valence-corrected chi connectivity index (χ0v) is 13.4. The Labute approximate surface area is 136 Å². The van der Waals surface area contributed by atoms with Crippen LogP contribution in [0.25, 0.3) is 0 Å². The zero-order chi connectivity index (χ0) is 15.1. The fraction of sp³-hybridized carbons (Fsp3) is 0.588. The molecule has 4 rings (SSSR count). The highest BCUT2D eigenvalue weighted by molar-refractivity contribution is 7.80. The lowest BCUT2D eigenvalue weighted by Gasteiger charge is -2.39. The fourth-order valence-corrected chi connectivity index (χ4v) is 4.47. The molecule has 1 aromatic rings. The van der Waals surface area contributed by atoms with Gasteiger partial charge in [-0.1, -0.05) is 0 Å². The van der Waals surface area contributed by atoms with Gasteiger partial charge in [0.05, 0.1) is 0 Å². The molecule has 2 aliphatic heterocycles. The molecule has 2 bridgehead atoms. The maximum absolute atomic E-state index is 12.9. The molecule has 0 amide bonds. The average Bonchev–Trinajstić information content (AvgIpc) is 3.28. The number of thiocarbonyl (C=S) groups is 1. The number of anilines is 1. The molecule has 0 aromatic heterocycles. The van der Waals surface area contributed by atoms with Crippen LogP contribution >= 0.6 is 12.2 Å². The van der Waals surface area contributed by atoms with Gasteiger partial charge in [-0.3, -0.25) is 4.90 Å². The van der Waals surface area contributed by atoms with E-state index < -0.39 is 0 Å². The molecule has 118 valence electrons. The van der Waals surface area contributed by atoms with Crippen molar-refractivity contribution < 1.29 is 4.39 Å². The highest BCUT2D eigenvalue weighted by atomic mass is 32.1. The second kappa shape index (κ2) is 5.78. The second-order valence-electron chi connectivity index (χ2n) is 6.84. The Hall–Kier alpha value is -1.20. The minimum Gasteiger partial charge on any atom is -0.360 e. The van der Waals surface area contributed by atoms with E-state index in [1.807, 2.05) is 0 Å². The van der Waals surface area contributed by atoms with Crippen molar-refractivity contribution in [1.82, 2.24) is 10.2 Å². The Morgan fingerprint density at radius 3 is 2.18 bits per heavy atom. The summed E-state index contributed by atoms with van der Waals surface area (Å²) >= 11 is 5.41. The molecule has 0 unspecified atom stereocenters. The average molecular weight is 319 g/mol. The van der Waals surface area contributed by atoms with Crippen LogP contribution in [0.4, 0.5) is 10.1 Å². The van der Waals surface area contributed by atoms with Crippen molar-refractivity contribution in [2.75, 3.05) is 5.32 Å². The third-order valence-electron chi connectivity index (χ3n) is 5.20. The van der Waals surface area contributed by atoms with Crippen LogP contribution in [-0.2, 0) is 0 Å². The second-order valence-corrected chi connectivity index (χ2v) is 7.25. The van der Waals surface area contributed by atoms with E-state index >= 15 is 0 Å². The zero-order valence-electron chi connectivity index (χ0n) is 12.6. The van der Waals surface area contributed by atoms with Gasteiger partial charge in [-0.25, -0.2) is 4.39 Å². The van der Waals surface area contributed by atoms with Crippen LogP contribution in [0.5, 0.6) is 0 Å². The van der Waals surface area contributed by atoms with Crippen LogP contribution in [0.1, 0.15) is 38.5 Å². The van der Waals surface area contributed by atoms with Crippen LogP contribution < -0.4 is 10.6 Å². The molecule has 0 radical (unpaired) electrons. The topological polar surface area (TPSA) is 27.3 Å². The van der Waals surface area contributed by atoms with Gasteiger partial charge in [-0.2, -0.15) is 0 Å². The normalized spacial score (nSPS) is 31.0. The van der Waals surface area contributed by atoms with Crippen molar-refractivity contribution in [3.8, 4) is 0 Å². The van der Waals surface area contributed by atoms with E-state index in [0.29, 0.717) is 11.2 Å². The molecule has 2 heterocycles. The molecule has 2 N–H and O–H groups in total. The van der Waals surface area contributed by atoms with E-state index in [9.17, 15) is 4.39 Å². The van der Waals surface area contributed by atoms with Crippen molar-refractivity contribution in [3.63, 3.8) is 0 Å². The van der Waals surface area contributed by atoms with Gasteiger partial charge in [-0.05, 0) is 75.0 Å². The number of fused-ring (bicyclic) bond motifs is 2. The van der Waals surface area contributed by atoms with Gasteiger partial charge >= 0.3 is 0 Å². The van der Waals surface area contributed by atoms with Gasteiger partial charge in [-0.15, -0.1) is 0 Å². The summed E-state index contributed by atoms with van der Waals surface area (Å²) in [5.74, 6) is -0.228. The molecular formula is C17H22FN3S. The quantitative estimate of drug-likeness (QED) is 0.836. The van der Waals surface area contributed by atoms with Crippen molar-refractivity contribution in [2.45, 2.75) is 62.7 Å². The summed E-state index contributed by atoms with van der Waals surface area (Å²) in [5.41, 5.74) is 0.831. The summed E-state index contributed by atoms with van der Waals surface area (Å²) in [5, 5.41) is 7.26. The largest absolute Gasteiger partial charge is 0.360 e. The molecule has 2 saturated heterocycles. The van der Waals surface area contributed by atoms with Crippen LogP contribution in [0.15, 0.2) is 24.3 Å². The number of rotatable bonds is 3. The van der Waals surface area contributed by atoms with E-state index in [1.165, 1.54) is 50.7 Å². The molecule has 0 spiro atoms. The molecule has 1 saturated carbocycles. The van der Waals surface area contributed by atoms with Gasteiger partial charge in [0, 0.05) is 29.9 Å². The standard InChI is InChI=1S/C17H22FN3S/c18-11-1-3-12(4-2-11)19-17(22)20-13-9-15-7-8-16(10-13)21(15)14-5-6-14/h1-4,13-16H,5-10H2,(H2,19,20,22)/t15-,16-/m0/s1. The Kier molecular flexibility index (Phi) is 3.78. The van der Waals surface area contributed by atoms with Crippen molar-refractivity contribution in [1.29, 1.82) is 0 Å². The molecule has 3 fully saturated rings. The third-order valence-corrected chi connectivity index (χ3v) is 5.42. The minimum atomic E-state index is -0.228. The fourth-order valence-electron chi connectivity index (χ4n) is 4.19. The monoisotopic (exact) mass is 319 g/mol. The molecule has 1 aliphatic carbocycles.